The van der Waals surface area contributed by atoms with Gasteiger partial charge in [0.15, 0.2) is 0 Å². The van der Waals surface area contributed by atoms with Crippen LogP contribution in [0.15, 0.2) is 0 Å². The van der Waals surface area contributed by atoms with E-state index in [2.05, 4.69) is 19.2 Å². The third-order valence-corrected chi connectivity index (χ3v) is 4.87. The predicted molar refractivity (Wildman–Crippen MR) is 85.3 cm³/mol. The van der Waals surface area contributed by atoms with Gasteiger partial charge in [0.2, 0.25) is 0 Å². The van der Waals surface area contributed by atoms with Gasteiger partial charge in [0.05, 0.1) is 13.2 Å². The normalized spacial score (nSPS) is 27.3. The second kappa shape index (κ2) is 9.42. The van der Waals surface area contributed by atoms with Crippen molar-refractivity contribution in [2.75, 3.05) is 20.8 Å². The molecule has 0 aromatic carbocycles. The van der Waals surface area contributed by atoms with Gasteiger partial charge < -0.3 is 14.8 Å². The number of rotatable bonds is 9. The molecule has 0 saturated heterocycles. The van der Waals surface area contributed by atoms with Crippen LogP contribution >= 0.6 is 0 Å². The first-order valence-electron chi connectivity index (χ1n) is 8.50. The average molecular weight is 299 g/mol. The molecule has 0 aromatic rings. The van der Waals surface area contributed by atoms with E-state index in [4.69, 9.17) is 9.47 Å². The van der Waals surface area contributed by atoms with Crippen LogP contribution in [0, 0.1) is 5.92 Å². The molecular weight excluding hydrogens is 266 g/mol. The minimum absolute atomic E-state index is 0.156. The summed E-state index contributed by atoms with van der Waals surface area (Å²) < 4.78 is 11.1. The monoisotopic (exact) mass is 299 g/mol. The lowest BCUT2D eigenvalue weighted by molar-refractivity contribution is -0.152. The Morgan fingerprint density at radius 3 is 2.76 bits per heavy atom. The summed E-state index contributed by atoms with van der Waals surface area (Å²) in [4.78, 5) is 12.1. The Morgan fingerprint density at radius 1 is 1.43 bits per heavy atom. The molecule has 4 heteroatoms. The summed E-state index contributed by atoms with van der Waals surface area (Å²) in [6.45, 7) is 5.28. The van der Waals surface area contributed by atoms with E-state index in [-0.39, 0.29) is 12.1 Å². The number of carbonyl (C=O) groups is 1. The molecule has 3 unspecified atom stereocenters. The van der Waals surface area contributed by atoms with Crippen LogP contribution in [0.4, 0.5) is 0 Å². The Morgan fingerprint density at radius 2 is 2.19 bits per heavy atom. The van der Waals surface area contributed by atoms with Crippen molar-refractivity contribution in [1.82, 2.24) is 5.32 Å². The van der Waals surface area contributed by atoms with E-state index in [0.29, 0.717) is 5.92 Å². The van der Waals surface area contributed by atoms with Gasteiger partial charge >= 0.3 is 5.97 Å². The largest absolute Gasteiger partial charge is 0.468 e. The number of likely N-dealkylation sites (N-methyl/N-ethyl adjacent to an activating group) is 1. The third kappa shape index (κ3) is 5.26. The molecule has 21 heavy (non-hydrogen) atoms. The molecule has 3 atom stereocenters. The van der Waals surface area contributed by atoms with E-state index in [9.17, 15) is 4.79 Å². The molecular formula is C17H33NO3. The molecule has 0 radical (unpaired) electrons. The van der Waals surface area contributed by atoms with Crippen molar-refractivity contribution in [2.45, 2.75) is 76.9 Å². The Labute approximate surface area is 130 Å². The number of nitrogens with one attached hydrogen (secondary N) is 1. The van der Waals surface area contributed by atoms with Crippen LogP contribution in [0.25, 0.3) is 0 Å². The Hall–Kier alpha value is -0.610. The van der Waals surface area contributed by atoms with Crippen LogP contribution in [0.3, 0.4) is 0 Å². The number of hydrogen-bond donors (Lipinski definition) is 1. The quantitative estimate of drug-likeness (QED) is 0.664. The van der Waals surface area contributed by atoms with Gasteiger partial charge in [0.1, 0.15) is 5.54 Å². The molecule has 1 saturated carbocycles. The lowest BCUT2D eigenvalue weighted by Gasteiger charge is -2.38. The topological polar surface area (TPSA) is 47.6 Å². The summed E-state index contributed by atoms with van der Waals surface area (Å²) in [6.07, 6.45) is 8.70. The smallest absolute Gasteiger partial charge is 0.326 e. The fourth-order valence-corrected chi connectivity index (χ4v) is 3.25. The number of carbonyl (C=O) groups excluding carboxylic acids is 1. The van der Waals surface area contributed by atoms with Crippen molar-refractivity contribution in [2.24, 2.45) is 5.92 Å². The minimum atomic E-state index is -0.553. The molecule has 124 valence electrons. The molecule has 1 rings (SSSR count). The number of unbranched alkanes of at least 4 members (excludes halogenated alkanes) is 1. The van der Waals surface area contributed by atoms with Crippen LogP contribution < -0.4 is 5.32 Å². The van der Waals surface area contributed by atoms with Crippen molar-refractivity contribution in [3.63, 3.8) is 0 Å². The van der Waals surface area contributed by atoms with E-state index >= 15 is 0 Å². The molecule has 0 bridgehead atoms. The zero-order chi connectivity index (χ0) is 15.7. The lowest BCUT2D eigenvalue weighted by atomic mass is 9.80. The Bertz CT molecular complexity index is 308. The van der Waals surface area contributed by atoms with Gasteiger partial charge in [-0.3, -0.25) is 4.79 Å². The average Bonchev–Trinajstić information content (AvgIpc) is 2.54. The van der Waals surface area contributed by atoms with Crippen molar-refractivity contribution < 1.29 is 14.3 Å². The van der Waals surface area contributed by atoms with Gasteiger partial charge in [-0.25, -0.2) is 0 Å². The number of hydrogen-bond acceptors (Lipinski definition) is 4. The van der Waals surface area contributed by atoms with E-state index in [1.54, 1.807) is 0 Å². The highest BCUT2D eigenvalue weighted by Crippen LogP contribution is 2.31. The molecule has 0 aliphatic heterocycles. The zero-order valence-corrected chi connectivity index (χ0v) is 14.2. The summed E-state index contributed by atoms with van der Waals surface area (Å²) in [6, 6.07) is 0. The molecule has 0 amide bonds. The maximum atomic E-state index is 12.1. The van der Waals surface area contributed by atoms with Crippen LogP contribution in [-0.4, -0.2) is 38.4 Å². The van der Waals surface area contributed by atoms with Crippen molar-refractivity contribution >= 4 is 5.97 Å². The molecule has 1 N–H and O–H groups in total. The standard InChI is InChI=1S/C17H33NO3/c1-5-7-9-14(6-2)13-21-15-10-8-11-17(12-15,18-3)16(19)20-4/h14-15,18H,5-13H2,1-4H3. The first-order valence-corrected chi connectivity index (χ1v) is 8.50. The van der Waals surface area contributed by atoms with Crippen LogP contribution in [-0.2, 0) is 14.3 Å². The number of ether oxygens (including phenoxy) is 2. The number of methoxy groups -OCH3 is 1. The maximum absolute atomic E-state index is 12.1. The predicted octanol–water partition coefficient (Wildman–Crippen LogP) is 3.29. The summed E-state index contributed by atoms with van der Waals surface area (Å²) in [5, 5.41) is 3.18. The third-order valence-electron chi connectivity index (χ3n) is 4.87. The van der Waals surface area contributed by atoms with Crippen molar-refractivity contribution in [1.29, 1.82) is 0 Å². The molecule has 0 spiro atoms. The lowest BCUT2D eigenvalue weighted by Crippen LogP contribution is -2.55. The van der Waals surface area contributed by atoms with Crippen LogP contribution in [0.5, 0.6) is 0 Å². The van der Waals surface area contributed by atoms with Gasteiger partial charge in [0, 0.05) is 13.0 Å². The van der Waals surface area contributed by atoms with E-state index in [0.717, 1.165) is 32.3 Å². The van der Waals surface area contributed by atoms with E-state index in [1.165, 1.54) is 32.8 Å². The van der Waals surface area contributed by atoms with Crippen LogP contribution in [0.1, 0.15) is 65.2 Å². The summed E-state index contributed by atoms with van der Waals surface area (Å²) >= 11 is 0. The highest BCUT2D eigenvalue weighted by Gasteiger charge is 2.43. The second-order valence-electron chi connectivity index (χ2n) is 6.29. The molecule has 0 aromatic heterocycles. The van der Waals surface area contributed by atoms with Crippen molar-refractivity contribution in [3.05, 3.63) is 0 Å². The first kappa shape index (κ1) is 18.4. The highest BCUT2D eigenvalue weighted by molar-refractivity contribution is 5.80. The molecule has 1 aliphatic carbocycles. The molecule has 0 heterocycles. The molecule has 4 nitrogen and oxygen atoms in total. The van der Waals surface area contributed by atoms with Gasteiger partial charge in [-0.15, -0.1) is 0 Å². The maximum Gasteiger partial charge on any atom is 0.326 e. The van der Waals surface area contributed by atoms with E-state index < -0.39 is 5.54 Å². The molecule has 1 fully saturated rings. The van der Waals surface area contributed by atoms with Gasteiger partial charge in [-0.2, -0.15) is 0 Å². The highest BCUT2D eigenvalue weighted by atomic mass is 16.5. The molecule has 1 aliphatic rings. The van der Waals surface area contributed by atoms with Crippen molar-refractivity contribution in [3.8, 4) is 0 Å². The SMILES string of the molecule is CCCCC(CC)COC1CCCC(NC)(C(=O)OC)C1. The fraction of sp³-hybridized carbons (Fsp3) is 0.941. The Kier molecular flexibility index (Phi) is 8.27. The second-order valence-corrected chi connectivity index (χ2v) is 6.29. The zero-order valence-electron chi connectivity index (χ0n) is 14.2. The van der Waals surface area contributed by atoms with Gasteiger partial charge in [0.25, 0.3) is 0 Å². The first-order chi connectivity index (χ1) is 10.1. The number of esters is 1. The van der Waals surface area contributed by atoms with Crippen LogP contribution in [0.2, 0.25) is 0 Å². The van der Waals surface area contributed by atoms with Gasteiger partial charge in [-0.1, -0.05) is 33.1 Å². The van der Waals surface area contributed by atoms with Gasteiger partial charge in [-0.05, 0) is 38.6 Å². The van der Waals surface area contributed by atoms with E-state index in [1.807, 2.05) is 7.05 Å². The summed E-state index contributed by atoms with van der Waals surface area (Å²) in [5.74, 6) is 0.491. The fourth-order valence-electron chi connectivity index (χ4n) is 3.25. The minimum Gasteiger partial charge on any atom is -0.468 e. The summed E-state index contributed by atoms with van der Waals surface area (Å²) in [7, 11) is 3.30. The summed E-state index contributed by atoms with van der Waals surface area (Å²) in [5.41, 5.74) is -0.553. The Balaban J connectivity index is 2.50.